The summed E-state index contributed by atoms with van der Waals surface area (Å²) in [7, 11) is -2.99. The van der Waals surface area contributed by atoms with Crippen molar-refractivity contribution in [3.05, 3.63) is 33.4 Å². The Labute approximate surface area is 127 Å². The lowest BCUT2D eigenvalue weighted by Crippen LogP contribution is -2.42. The van der Waals surface area contributed by atoms with Gasteiger partial charge in [-0.25, -0.2) is 8.42 Å². The van der Waals surface area contributed by atoms with Crippen molar-refractivity contribution in [2.75, 3.05) is 19.3 Å². The van der Waals surface area contributed by atoms with Crippen molar-refractivity contribution in [3.63, 3.8) is 0 Å². The van der Waals surface area contributed by atoms with Crippen LogP contribution in [0.5, 0.6) is 0 Å². The van der Waals surface area contributed by atoms with Crippen LogP contribution in [0, 0.1) is 3.57 Å². The van der Waals surface area contributed by atoms with Gasteiger partial charge in [0.15, 0.2) is 0 Å². The highest BCUT2D eigenvalue weighted by molar-refractivity contribution is 14.1. The van der Waals surface area contributed by atoms with Gasteiger partial charge in [0, 0.05) is 28.5 Å². The Bertz CT molecular complexity index is 577. The second-order valence-electron chi connectivity index (χ2n) is 4.83. The molecule has 6 heteroatoms. The minimum atomic E-state index is -2.99. The smallest absolute Gasteiger partial charge is 0.253 e. The van der Waals surface area contributed by atoms with Crippen LogP contribution in [-0.4, -0.2) is 43.8 Å². The molecule has 0 N–H and O–H groups in total. The Balaban J connectivity index is 2.04. The zero-order valence-corrected chi connectivity index (χ0v) is 13.6. The molecule has 0 aliphatic carbocycles. The SMILES string of the molecule is CS(=O)(=O)C1CCN(C(=O)c2cccc(I)c2)CC1. The fourth-order valence-corrected chi connectivity index (χ4v) is 3.90. The van der Waals surface area contributed by atoms with Crippen molar-refractivity contribution in [2.45, 2.75) is 18.1 Å². The average molecular weight is 393 g/mol. The Morgan fingerprint density at radius 3 is 2.47 bits per heavy atom. The van der Waals surface area contributed by atoms with Crippen LogP contribution in [0.25, 0.3) is 0 Å². The van der Waals surface area contributed by atoms with E-state index in [1.54, 1.807) is 11.0 Å². The molecule has 0 spiro atoms. The fraction of sp³-hybridized carbons (Fsp3) is 0.462. The summed E-state index contributed by atoms with van der Waals surface area (Å²) in [6.45, 7) is 1.03. The van der Waals surface area contributed by atoms with E-state index in [1.165, 1.54) is 6.26 Å². The molecule has 1 aromatic carbocycles. The zero-order valence-electron chi connectivity index (χ0n) is 10.7. The number of piperidine rings is 1. The van der Waals surface area contributed by atoms with Crippen LogP contribution in [0.3, 0.4) is 0 Å². The summed E-state index contributed by atoms with van der Waals surface area (Å²) in [6.07, 6.45) is 2.34. The Morgan fingerprint density at radius 1 is 1.32 bits per heavy atom. The van der Waals surface area contributed by atoms with E-state index in [2.05, 4.69) is 22.6 Å². The summed E-state index contributed by atoms with van der Waals surface area (Å²) in [5.41, 5.74) is 0.671. The van der Waals surface area contributed by atoms with E-state index >= 15 is 0 Å². The predicted molar refractivity (Wildman–Crippen MR) is 82.9 cm³/mol. The van der Waals surface area contributed by atoms with E-state index in [9.17, 15) is 13.2 Å². The largest absolute Gasteiger partial charge is 0.339 e. The van der Waals surface area contributed by atoms with Crippen LogP contribution >= 0.6 is 22.6 Å². The number of likely N-dealkylation sites (tertiary alicyclic amines) is 1. The Kier molecular flexibility index (Phi) is 4.50. The first kappa shape index (κ1) is 14.8. The van der Waals surface area contributed by atoms with E-state index in [0.29, 0.717) is 31.5 Å². The number of sulfone groups is 1. The molecule has 0 radical (unpaired) electrons. The minimum Gasteiger partial charge on any atom is -0.339 e. The summed E-state index contributed by atoms with van der Waals surface area (Å²) in [5, 5.41) is -0.299. The maximum absolute atomic E-state index is 12.3. The van der Waals surface area contributed by atoms with Crippen LogP contribution in [0.1, 0.15) is 23.2 Å². The van der Waals surface area contributed by atoms with Crippen LogP contribution in [0.4, 0.5) is 0 Å². The van der Waals surface area contributed by atoms with Gasteiger partial charge in [0.25, 0.3) is 5.91 Å². The number of hydrogen-bond acceptors (Lipinski definition) is 3. The quantitative estimate of drug-likeness (QED) is 0.722. The fourth-order valence-electron chi connectivity index (χ4n) is 2.29. The molecule has 0 atom stereocenters. The molecule has 2 rings (SSSR count). The Hall–Kier alpha value is -0.630. The molecular weight excluding hydrogens is 377 g/mol. The molecule has 0 unspecified atom stereocenters. The van der Waals surface area contributed by atoms with Crippen LogP contribution in [0.15, 0.2) is 24.3 Å². The molecule has 1 amide bonds. The van der Waals surface area contributed by atoms with Gasteiger partial charge in [0.05, 0.1) is 5.25 Å². The highest BCUT2D eigenvalue weighted by Crippen LogP contribution is 2.19. The van der Waals surface area contributed by atoms with E-state index in [1.807, 2.05) is 18.2 Å². The third-order valence-electron chi connectivity index (χ3n) is 3.41. The highest BCUT2D eigenvalue weighted by Gasteiger charge is 2.29. The van der Waals surface area contributed by atoms with Gasteiger partial charge in [-0.05, 0) is 53.6 Å². The normalized spacial score (nSPS) is 17.5. The second kappa shape index (κ2) is 5.78. The molecule has 1 aliphatic heterocycles. The molecule has 0 aromatic heterocycles. The third kappa shape index (κ3) is 3.68. The predicted octanol–water partition coefficient (Wildman–Crippen LogP) is 1.94. The zero-order chi connectivity index (χ0) is 14.0. The summed E-state index contributed by atoms with van der Waals surface area (Å²) < 4.78 is 24.0. The summed E-state index contributed by atoms with van der Waals surface area (Å²) in [5.74, 6) is -0.00883. The first-order chi connectivity index (χ1) is 8.88. The van der Waals surface area contributed by atoms with Gasteiger partial charge in [-0.15, -0.1) is 0 Å². The minimum absolute atomic E-state index is 0.00883. The monoisotopic (exact) mass is 393 g/mol. The molecular formula is C13H16INO3S. The van der Waals surface area contributed by atoms with Crippen LogP contribution in [0.2, 0.25) is 0 Å². The average Bonchev–Trinajstić information content (AvgIpc) is 2.37. The standard InChI is InChI=1S/C13H16INO3S/c1-19(17,18)12-5-7-15(8-6-12)13(16)10-3-2-4-11(14)9-10/h2-4,9,12H,5-8H2,1H3. The molecule has 0 saturated carbocycles. The van der Waals surface area contributed by atoms with E-state index in [-0.39, 0.29) is 11.2 Å². The maximum atomic E-state index is 12.3. The number of hydrogen-bond donors (Lipinski definition) is 0. The first-order valence-corrected chi connectivity index (χ1v) is 9.15. The van der Waals surface area contributed by atoms with Crippen molar-refractivity contribution >= 4 is 38.3 Å². The lowest BCUT2D eigenvalue weighted by Gasteiger charge is -2.31. The highest BCUT2D eigenvalue weighted by atomic mass is 127. The van der Waals surface area contributed by atoms with Crippen LogP contribution in [-0.2, 0) is 9.84 Å². The topological polar surface area (TPSA) is 54.5 Å². The van der Waals surface area contributed by atoms with Gasteiger partial charge in [-0.3, -0.25) is 4.79 Å². The number of carbonyl (C=O) groups excluding carboxylic acids is 1. The number of rotatable bonds is 2. The van der Waals surface area contributed by atoms with Crippen molar-refractivity contribution in [1.29, 1.82) is 0 Å². The lowest BCUT2D eigenvalue weighted by molar-refractivity contribution is 0.0725. The van der Waals surface area contributed by atoms with Crippen LogP contribution < -0.4 is 0 Å². The summed E-state index contributed by atoms with van der Waals surface area (Å²) in [6, 6.07) is 7.45. The number of benzene rings is 1. The van der Waals surface area contributed by atoms with Gasteiger partial charge in [0.1, 0.15) is 9.84 Å². The van der Waals surface area contributed by atoms with Crippen molar-refractivity contribution in [1.82, 2.24) is 4.90 Å². The van der Waals surface area contributed by atoms with Crippen molar-refractivity contribution in [3.8, 4) is 0 Å². The molecule has 19 heavy (non-hydrogen) atoms. The van der Waals surface area contributed by atoms with Gasteiger partial charge in [0.2, 0.25) is 0 Å². The van der Waals surface area contributed by atoms with E-state index < -0.39 is 9.84 Å². The van der Waals surface area contributed by atoms with Gasteiger partial charge >= 0.3 is 0 Å². The third-order valence-corrected chi connectivity index (χ3v) is 5.76. The molecule has 1 aliphatic rings. The van der Waals surface area contributed by atoms with Gasteiger partial charge < -0.3 is 4.90 Å². The molecule has 1 saturated heterocycles. The summed E-state index contributed by atoms with van der Waals surface area (Å²) >= 11 is 2.17. The maximum Gasteiger partial charge on any atom is 0.253 e. The molecule has 0 bridgehead atoms. The number of amides is 1. The second-order valence-corrected chi connectivity index (χ2v) is 8.40. The van der Waals surface area contributed by atoms with Crippen molar-refractivity contribution < 1.29 is 13.2 Å². The molecule has 1 fully saturated rings. The van der Waals surface area contributed by atoms with Crippen molar-refractivity contribution in [2.24, 2.45) is 0 Å². The Morgan fingerprint density at radius 2 is 1.95 bits per heavy atom. The van der Waals surface area contributed by atoms with Gasteiger partial charge in [-0.2, -0.15) is 0 Å². The summed E-state index contributed by atoms with van der Waals surface area (Å²) in [4.78, 5) is 14.0. The van der Waals surface area contributed by atoms with Gasteiger partial charge in [-0.1, -0.05) is 6.07 Å². The molecule has 1 aromatic rings. The number of halogens is 1. The number of nitrogens with zero attached hydrogens (tertiary/aromatic N) is 1. The molecule has 104 valence electrons. The van der Waals surface area contributed by atoms with E-state index in [4.69, 9.17) is 0 Å². The lowest BCUT2D eigenvalue weighted by atomic mass is 10.1. The molecule has 4 nitrogen and oxygen atoms in total. The molecule has 1 heterocycles. The first-order valence-electron chi connectivity index (χ1n) is 6.11. The number of carbonyl (C=O) groups is 1. The van der Waals surface area contributed by atoms with E-state index in [0.717, 1.165) is 3.57 Å².